The Morgan fingerprint density at radius 1 is 1.50 bits per heavy atom. The molecule has 0 radical (unpaired) electrons. The molecular weight excluding hydrogens is 266 g/mol. The molecule has 2 heterocycles. The van der Waals surface area contributed by atoms with Crippen LogP contribution in [-0.2, 0) is 9.84 Å². The number of halogens is 1. The maximum Gasteiger partial charge on any atom is 0.184 e. The maximum absolute atomic E-state index is 11.8. The van der Waals surface area contributed by atoms with E-state index < -0.39 is 9.84 Å². The van der Waals surface area contributed by atoms with Crippen molar-refractivity contribution >= 4 is 25.8 Å². The number of fused-ring (bicyclic) bond motifs is 3. The number of nitrogens with zero attached hydrogens (tertiary/aromatic N) is 1. The van der Waals surface area contributed by atoms with Crippen LogP contribution in [0.2, 0.25) is 0 Å². The molecular formula is C9H10BrNO2S. The molecule has 2 aliphatic rings. The monoisotopic (exact) mass is 275 g/mol. The van der Waals surface area contributed by atoms with Crippen LogP contribution in [-0.4, -0.2) is 18.7 Å². The van der Waals surface area contributed by atoms with E-state index in [4.69, 9.17) is 0 Å². The molecule has 1 fully saturated rings. The van der Waals surface area contributed by atoms with E-state index in [2.05, 4.69) is 20.9 Å². The van der Waals surface area contributed by atoms with Gasteiger partial charge in [-0.1, -0.05) is 7.43 Å². The highest BCUT2D eigenvalue weighted by Crippen LogP contribution is 2.56. The molecule has 1 aromatic rings. The molecule has 2 unspecified atom stereocenters. The standard InChI is InChI=1S/C8H6BrNO2S.CH4/c9-5-1-2-10-7-4-3-6(4)13(11,12)8(5)7;/h1-2,4,6H,3H2;1H4. The van der Waals surface area contributed by atoms with Gasteiger partial charge in [0, 0.05) is 16.6 Å². The molecule has 3 rings (SSSR count). The van der Waals surface area contributed by atoms with Crippen LogP contribution in [0, 0.1) is 0 Å². The van der Waals surface area contributed by atoms with E-state index in [1.54, 1.807) is 12.3 Å². The van der Waals surface area contributed by atoms with E-state index in [9.17, 15) is 8.42 Å². The lowest BCUT2D eigenvalue weighted by molar-refractivity contribution is 0.596. The van der Waals surface area contributed by atoms with Gasteiger partial charge in [-0.05, 0) is 28.4 Å². The smallest absolute Gasteiger partial charge is 0.184 e. The number of hydrogen-bond acceptors (Lipinski definition) is 3. The summed E-state index contributed by atoms with van der Waals surface area (Å²) in [5.74, 6) is 0.178. The van der Waals surface area contributed by atoms with Gasteiger partial charge < -0.3 is 0 Å². The number of hydrogen-bond donors (Lipinski definition) is 0. The zero-order valence-corrected chi connectivity index (χ0v) is 8.97. The Balaban J connectivity index is 0.000000750. The first-order chi connectivity index (χ1) is 6.12. The van der Waals surface area contributed by atoms with Crippen molar-refractivity contribution in [1.82, 2.24) is 4.98 Å². The second-order valence-corrected chi connectivity index (χ2v) is 6.39. The zero-order chi connectivity index (χ0) is 9.22. The van der Waals surface area contributed by atoms with Crippen LogP contribution >= 0.6 is 15.9 Å². The Labute approximate surface area is 91.6 Å². The molecule has 0 saturated heterocycles. The van der Waals surface area contributed by atoms with Gasteiger partial charge in [0.05, 0.1) is 10.9 Å². The van der Waals surface area contributed by atoms with Crippen molar-refractivity contribution in [1.29, 1.82) is 0 Å². The fourth-order valence-corrected chi connectivity index (χ4v) is 5.10. The quantitative estimate of drug-likeness (QED) is 0.729. The Hall–Kier alpha value is -0.420. The Morgan fingerprint density at radius 3 is 2.86 bits per heavy atom. The van der Waals surface area contributed by atoms with Crippen LogP contribution in [0.3, 0.4) is 0 Å². The van der Waals surface area contributed by atoms with E-state index in [0.717, 1.165) is 12.1 Å². The third kappa shape index (κ3) is 1.02. The predicted octanol–water partition coefficient (Wildman–Crippen LogP) is 2.12. The molecule has 0 bridgehead atoms. The molecule has 14 heavy (non-hydrogen) atoms. The van der Waals surface area contributed by atoms with Crippen molar-refractivity contribution in [3.05, 3.63) is 22.4 Å². The average molecular weight is 276 g/mol. The molecule has 76 valence electrons. The fourth-order valence-electron chi connectivity index (χ4n) is 1.94. The van der Waals surface area contributed by atoms with Crippen molar-refractivity contribution in [3.8, 4) is 0 Å². The van der Waals surface area contributed by atoms with Crippen molar-refractivity contribution in [2.45, 2.75) is 29.9 Å². The summed E-state index contributed by atoms with van der Waals surface area (Å²) >= 11 is 3.25. The van der Waals surface area contributed by atoms with E-state index in [0.29, 0.717) is 9.37 Å². The third-order valence-electron chi connectivity index (χ3n) is 2.65. The second-order valence-electron chi connectivity index (χ2n) is 3.43. The van der Waals surface area contributed by atoms with Gasteiger partial charge in [0.15, 0.2) is 9.84 Å². The molecule has 1 aliphatic heterocycles. The van der Waals surface area contributed by atoms with Gasteiger partial charge in [0.2, 0.25) is 0 Å². The number of sulfone groups is 1. The summed E-state index contributed by atoms with van der Waals surface area (Å²) < 4.78 is 24.2. The highest BCUT2D eigenvalue weighted by molar-refractivity contribution is 9.10. The Bertz CT molecular complexity index is 498. The Kier molecular flexibility index (Phi) is 2.02. The molecule has 3 nitrogen and oxygen atoms in total. The molecule has 0 aromatic carbocycles. The van der Waals surface area contributed by atoms with Crippen LogP contribution in [0.4, 0.5) is 0 Å². The van der Waals surface area contributed by atoms with Gasteiger partial charge in [-0.15, -0.1) is 0 Å². The van der Waals surface area contributed by atoms with Gasteiger partial charge in [-0.2, -0.15) is 0 Å². The summed E-state index contributed by atoms with van der Waals surface area (Å²) in [6.07, 6.45) is 2.41. The summed E-state index contributed by atoms with van der Waals surface area (Å²) in [7, 11) is -3.05. The van der Waals surface area contributed by atoms with Crippen molar-refractivity contribution in [3.63, 3.8) is 0 Å². The van der Waals surface area contributed by atoms with Gasteiger partial charge in [-0.3, -0.25) is 4.98 Å². The summed E-state index contributed by atoms with van der Waals surface area (Å²) in [5, 5.41) is -0.172. The summed E-state index contributed by atoms with van der Waals surface area (Å²) in [6, 6.07) is 1.68. The largest absolute Gasteiger partial charge is 0.260 e. The van der Waals surface area contributed by atoms with Crippen molar-refractivity contribution in [2.24, 2.45) is 0 Å². The lowest BCUT2D eigenvalue weighted by atomic mass is 10.2. The van der Waals surface area contributed by atoms with Crippen LogP contribution in [0.1, 0.15) is 25.5 Å². The van der Waals surface area contributed by atoms with E-state index in [1.165, 1.54) is 0 Å². The summed E-state index contributed by atoms with van der Waals surface area (Å²) in [5.41, 5.74) is 0.763. The maximum atomic E-state index is 11.8. The normalized spacial score (nSPS) is 30.1. The van der Waals surface area contributed by atoms with Gasteiger partial charge in [-0.25, -0.2) is 8.42 Å². The first-order valence-corrected chi connectivity index (χ1v) is 6.34. The lowest BCUT2D eigenvalue weighted by Crippen LogP contribution is -2.04. The van der Waals surface area contributed by atoms with E-state index in [1.807, 2.05) is 0 Å². The van der Waals surface area contributed by atoms with E-state index in [-0.39, 0.29) is 18.6 Å². The molecule has 0 amide bonds. The minimum absolute atomic E-state index is 0. The van der Waals surface area contributed by atoms with Gasteiger partial charge in [0.25, 0.3) is 0 Å². The minimum atomic E-state index is -3.05. The van der Waals surface area contributed by atoms with Crippen LogP contribution in [0.25, 0.3) is 0 Å². The van der Waals surface area contributed by atoms with Crippen LogP contribution < -0.4 is 0 Å². The first kappa shape index (κ1) is 10.1. The molecule has 5 heteroatoms. The molecule has 0 N–H and O–H groups in total. The summed E-state index contributed by atoms with van der Waals surface area (Å²) in [6.45, 7) is 0. The molecule has 2 atom stereocenters. The topological polar surface area (TPSA) is 47.0 Å². The number of aromatic nitrogens is 1. The predicted molar refractivity (Wildman–Crippen MR) is 57.0 cm³/mol. The van der Waals surface area contributed by atoms with Crippen LogP contribution in [0.5, 0.6) is 0 Å². The fraction of sp³-hybridized carbons (Fsp3) is 0.444. The molecule has 1 aromatic heterocycles. The molecule has 0 spiro atoms. The van der Waals surface area contributed by atoms with Crippen molar-refractivity contribution < 1.29 is 8.42 Å². The van der Waals surface area contributed by atoms with Crippen molar-refractivity contribution in [2.75, 3.05) is 0 Å². The Morgan fingerprint density at radius 2 is 2.21 bits per heavy atom. The minimum Gasteiger partial charge on any atom is -0.260 e. The van der Waals surface area contributed by atoms with E-state index >= 15 is 0 Å². The van der Waals surface area contributed by atoms with Crippen LogP contribution in [0.15, 0.2) is 21.6 Å². The summed E-state index contributed by atoms with van der Waals surface area (Å²) in [4.78, 5) is 4.56. The number of pyridine rings is 1. The average Bonchev–Trinajstić information content (AvgIpc) is 2.78. The second kappa shape index (κ2) is 2.79. The molecule has 1 saturated carbocycles. The highest BCUT2D eigenvalue weighted by Gasteiger charge is 2.58. The first-order valence-electron chi connectivity index (χ1n) is 4.00. The number of rotatable bonds is 0. The highest BCUT2D eigenvalue weighted by atomic mass is 79.9. The zero-order valence-electron chi connectivity index (χ0n) is 6.57. The van der Waals surface area contributed by atoms with Gasteiger partial charge in [0.1, 0.15) is 4.90 Å². The lowest BCUT2D eigenvalue weighted by Gasteiger charge is -2.03. The molecule has 1 aliphatic carbocycles. The third-order valence-corrected chi connectivity index (χ3v) is 5.89. The SMILES string of the molecule is C.O=S1(=O)c2c(Br)ccnc2C2CC21. The van der Waals surface area contributed by atoms with Gasteiger partial charge >= 0.3 is 0 Å².